The number of halogens is 3. The number of hydrogen-bond donors (Lipinski definition) is 0. The highest BCUT2D eigenvalue weighted by atomic mass is 19.4. The fourth-order valence-corrected chi connectivity index (χ4v) is 3.24. The molecular formula is C23H22F3NO3. The van der Waals surface area contributed by atoms with E-state index in [9.17, 15) is 18.0 Å². The van der Waals surface area contributed by atoms with Crippen molar-refractivity contribution in [1.82, 2.24) is 4.57 Å². The minimum atomic E-state index is -4.38. The zero-order valence-electron chi connectivity index (χ0n) is 16.4. The van der Waals surface area contributed by atoms with Gasteiger partial charge in [-0.15, -0.1) is 0 Å². The van der Waals surface area contributed by atoms with Gasteiger partial charge < -0.3 is 14.0 Å². The number of benzene rings is 2. The van der Waals surface area contributed by atoms with Crippen molar-refractivity contribution in [3.8, 4) is 5.75 Å². The number of alkyl halides is 3. The van der Waals surface area contributed by atoms with Crippen molar-refractivity contribution in [2.45, 2.75) is 25.1 Å². The van der Waals surface area contributed by atoms with Crippen molar-refractivity contribution in [3.63, 3.8) is 0 Å². The third-order valence-corrected chi connectivity index (χ3v) is 4.78. The number of nitrogens with zero attached hydrogens (tertiary/aromatic N) is 1. The van der Waals surface area contributed by atoms with Crippen molar-refractivity contribution in [2.24, 2.45) is 0 Å². The van der Waals surface area contributed by atoms with Gasteiger partial charge in [-0.25, -0.2) is 4.79 Å². The van der Waals surface area contributed by atoms with Gasteiger partial charge in [-0.2, -0.15) is 13.2 Å². The predicted octanol–water partition coefficient (Wildman–Crippen LogP) is 5.09. The first kappa shape index (κ1) is 21.5. The number of esters is 1. The molecule has 0 amide bonds. The summed E-state index contributed by atoms with van der Waals surface area (Å²) in [6.45, 7) is 0.126. The summed E-state index contributed by atoms with van der Waals surface area (Å²) in [5, 5.41) is 0. The lowest BCUT2D eigenvalue weighted by Crippen LogP contribution is -2.22. The summed E-state index contributed by atoms with van der Waals surface area (Å²) < 4.78 is 51.5. The van der Waals surface area contributed by atoms with Gasteiger partial charge in [0.05, 0.1) is 19.3 Å². The van der Waals surface area contributed by atoms with Gasteiger partial charge in [0.25, 0.3) is 0 Å². The van der Waals surface area contributed by atoms with Crippen LogP contribution in [-0.4, -0.2) is 24.3 Å². The van der Waals surface area contributed by atoms with E-state index in [1.165, 1.54) is 19.2 Å². The van der Waals surface area contributed by atoms with E-state index in [0.29, 0.717) is 12.2 Å². The molecule has 0 saturated carbocycles. The van der Waals surface area contributed by atoms with E-state index in [-0.39, 0.29) is 24.6 Å². The van der Waals surface area contributed by atoms with E-state index in [2.05, 4.69) is 0 Å². The molecule has 0 spiro atoms. The second kappa shape index (κ2) is 9.52. The Hall–Kier alpha value is -3.22. The van der Waals surface area contributed by atoms with Crippen molar-refractivity contribution in [2.75, 3.05) is 13.7 Å². The van der Waals surface area contributed by atoms with E-state index in [1.54, 1.807) is 35.2 Å². The van der Waals surface area contributed by atoms with Crippen LogP contribution in [0.4, 0.5) is 13.2 Å². The lowest BCUT2D eigenvalue weighted by Gasteiger charge is -2.17. The normalized spacial score (nSPS) is 12.4. The molecule has 0 aliphatic rings. The van der Waals surface area contributed by atoms with Gasteiger partial charge in [0.1, 0.15) is 11.8 Å². The number of ether oxygens (including phenoxy) is 2. The van der Waals surface area contributed by atoms with Crippen LogP contribution in [0.3, 0.4) is 0 Å². The molecule has 0 unspecified atom stereocenters. The lowest BCUT2D eigenvalue weighted by molar-refractivity contribution is -0.144. The van der Waals surface area contributed by atoms with Crippen molar-refractivity contribution >= 4 is 5.97 Å². The van der Waals surface area contributed by atoms with Gasteiger partial charge >= 0.3 is 12.1 Å². The van der Waals surface area contributed by atoms with Crippen LogP contribution in [0.1, 0.15) is 22.7 Å². The van der Waals surface area contributed by atoms with E-state index >= 15 is 0 Å². The fourth-order valence-electron chi connectivity index (χ4n) is 3.24. The maximum atomic E-state index is 13.1. The minimum Gasteiger partial charge on any atom is -0.493 e. The molecule has 0 bridgehead atoms. The molecule has 3 aromatic rings. The molecule has 158 valence electrons. The van der Waals surface area contributed by atoms with Crippen molar-refractivity contribution in [3.05, 3.63) is 89.7 Å². The number of rotatable bonds is 8. The zero-order chi connectivity index (χ0) is 21.6. The lowest BCUT2D eigenvalue weighted by atomic mass is 10.0. The standard InChI is InChI=1S/C23H22F3NO3/c1-29-22(28)21(27-13-4-5-14-27)16-17-8-10-19(11-9-17)30-15-12-18-6-2-3-7-20(18)23(24,25)26/h2-11,13-14,21H,12,15-16H2,1H3/t21-/m0/s1. The highest BCUT2D eigenvalue weighted by molar-refractivity contribution is 5.74. The molecular weight excluding hydrogens is 395 g/mol. The molecule has 0 aliphatic carbocycles. The summed E-state index contributed by atoms with van der Waals surface area (Å²) in [6.07, 6.45) is -0.181. The van der Waals surface area contributed by atoms with E-state index in [0.717, 1.165) is 11.6 Å². The highest BCUT2D eigenvalue weighted by Crippen LogP contribution is 2.32. The Bertz CT molecular complexity index is 951. The zero-order valence-corrected chi connectivity index (χ0v) is 16.4. The van der Waals surface area contributed by atoms with E-state index < -0.39 is 17.8 Å². The molecule has 4 nitrogen and oxygen atoms in total. The molecule has 0 aliphatic heterocycles. The van der Waals surface area contributed by atoms with Crippen LogP contribution in [-0.2, 0) is 28.5 Å². The monoisotopic (exact) mass is 417 g/mol. The molecule has 3 rings (SSSR count). The van der Waals surface area contributed by atoms with Gasteiger partial charge in [-0.3, -0.25) is 0 Å². The van der Waals surface area contributed by atoms with Crippen LogP contribution >= 0.6 is 0 Å². The Kier molecular flexibility index (Phi) is 6.82. The molecule has 2 aromatic carbocycles. The Morgan fingerprint density at radius 1 is 1.00 bits per heavy atom. The molecule has 0 saturated heterocycles. The minimum absolute atomic E-state index is 0.126. The Morgan fingerprint density at radius 3 is 2.30 bits per heavy atom. The average molecular weight is 417 g/mol. The van der Waals surface area contributed by atoms with Crippen LogP contribution in [0.2, 0.25) is 0 Å². The quantitative estimate of drug-likeness (QED) is 0.480. The van der Waals surface area contributed by atoms with Gasteiger partial charge in [0.15, 0.2) is 0 Å². The number of aromatic nitrogens is 1. The number of carbonyl (C=O) groups excluding carboxylic acids is 1. The predicted molar refractivity (Wildman–Crippen MR) is 106 cm³/mol. The molecule has 1 atom stereocenters. The molecule has 0 N–H and O–H groups in total. The Labute approximate surface area is 172 Å². The van der Waals surface area contributed by atoms with E-state index in [4.69, 9.17) is 9.47 Å². The largest absolute Gasteiger partial charge is 0.493 e. The van der Waals surface area contributed by atoms with Crippen LogP contribution in [0.25, 0.3) is 0 Å². The van der Waals surface area contributed by atoms with Gasteiger partial charge in [0, 0.05) is 25.2 Å². The second-order valence-corrected chi connectivity index (χ2v) is 6.77. The molecule has 1 aromatic heterocycles. The van der Waals surface area contributed by atoms with Crippen LogP contribution < -0.4 is 4.74 Å². The smallest absolute Gasteiger partial charge is 0.416 e. The maximum absolute atomic E-state index is 13.1. The second-order valence-electron chi connectivity index (χ2n) is 6.77. The first-order chi connectivity index (χ1) is 14.4. The first-order valence-electron chi connectivity index (χ1n) is 9.45. The summed E-state index contributed by atoms with van der Waals surface area (Å²) in [6, 6.07) is 15.9. The van der Waals surface area contributed by atoms with Gasteiger partial charge in [-0.1, -0.05) is 30.3 Å². The van der Waals surface area contributed by atoms with Gasteiger partial charge in [-0.05, 0) is 41.5 Å². The number of methoxy groups -OCH3 is 1. The van der Waals surface area contributed by atoms with E-state index in [1.807, 2.05) is 24.3 Å². The average Bonchev–Trinajstić information content (AvgIpc) is 3.26. The Morgan fingerprint density at radius 2 is 1.67 bits per heavy atom. The van der Waals surface area contributed by atoms with Crippen LogP contribution in [0, 0.1) is 0 Å². The highest BCUT2D eigenvalue weighted by Gasteiger charge is 2.32. The maximum Gasteiger partial charge on any atom is 0.416 e. The molecule has 0 fully saturated rings. The Balaban J connectivity index is 1.60. The topological polar surface area (TPSA) is 40.5 Å². The van der Waals surface area contributed by atoms with Crippen LogP contribution in [0.5, 0.6) is 5.75 Å². The SMILES string of the molecule is COC(=O)[C@H](Cc1ccc(OCCc2ccccc2C(F)(F)F)cc1)n1cccc1. The summed E-state index contributed by atoms with van der Waals surface area (Å²) in [4.78, 5) is 12.1. The summed E-state index contributed by atoms with van der Waals surface area (Å²) in [5.41, 5.74) is 0.478. The van der Waals surface area contributed by atoms with Crippen LogP contribution in [0.15, 0.2) is 73.1 Å². The summed E-state index contributed by atoms with van der Waals surface area (Å²) in [7, 11) is 1.35. The third-order valence-electron chi connectivity index (χ3n) is 4.78. The molecule has 30 heavy (non-hydrogen) atoms. The number of hydrogen-bond acceptors (Lipinski definition) is 3. The fraction of sp³-hybridized carbons (Fsp3) is 0.261. The molecule has 1 heterocycles. The molecule has 7 heteroatoms. The van der Waals surface area contributed by atoms with Crippen molar-refractivity contribution < 1.29 is 27.4 Å². The molecule has 0 radical (unpaired) electrons. The first-order valence-corrected chi connectivity index (χ1v) is 9.45. The summed E-state index contributed by atoms with van der Waals surface area (Å²) >= 11 is 0. The number of carbonyl (C=O) groups is 1. The summed E-state index contributed by atoms with van der Waals surface area (Å²) in [5.74, 6) is 0.216. The third kappa shape index (κ3) is 5.43. The van der Waals surface area contributed by atoms with Crippen molar-refractivity contribution in [1.29, 1.82) is 0 Å². The van der Waals surface area contributed by atoms with Gasteiger partial charge in [0.2, 0.25) is 0 Å².